The van der Waals surface area contributed by atoms with Crippen LogP contribution >= 0.6 is 0 Å². The van der Waals surface area contributed by atoms with Crippen LogP contribution in [0.2, 0.25) is 0 Å². The lowest BCUT2D eigenvalue weighted by atomic mass is 9.77. The van der Waals surface area contributed by atoms with Crippen molar-refractivity contribution in [2.75, 3.05) is 5.32 Å². The zero-order valence-electron chi connectivity index (χ0n) is 10.8. The molecule has 5 nitrogen and oxygen atoms in total. The average Bonchev–Trinajstić information content (AvgIpc) is 2.32. The number of nitrogens with one attached hydrogen (secondary N) is 1. The summed E-state index contributed by atoms with van der Waals surface area (Å²) in [5.41, 5.74) is -0.0370. The number of rotatable bonds is 3. The molecule has 0 saturated heterocycles. The topological polar surface area (TPSA) is 75.1 Å². The summed E-state index contributed by atoms with van der Waals surface area (Å²) in [5, 5.41) is 12.6. The minimum Gasteiger partial charge on any atom is -0.480 e. The van der Waals surface area contributed by atoms with Crippen molar-refractivity contribution in [2.45, 2.75) is 45.1 Å². The van der Waals surface area contributed by atoms with Crippen molar-refractivity contribution in [1.82, 2.24) is 9.97 Å². The second-order valence-electron chi connectivity index (χ2n) is 5.24. The molecule has 1 aliphatic carbocycles. The largest absolute Gasteiger partial charge is 0.480 e. The summed E-state index contributed by atoms with van der Waals surface area (Å²) in [6.45, 7) is 4.03. The Hall–Kier alpha value is -1.65. The van der Waals surface area contributed by atoms with Crippen LogP contribution in [0, 0.1) is 12.8 Å². The zero-order chi connectivity index (χ0) is 13.2. The molecule has 0 radical (unpaired) electrons. The fraction of sp³-hybridized carbons (Fsp3) is 0.615. The molecule has 98 valence electrons. The third kappa shape index (κ3) is 2.60. The number of nitrogens with zero attached hydrogens (tertiary/aromatic N) is 2. The van der Waals surface area contributed by atoms with E-state index in [2.05, 4.69) is 22.2 Å². The molecule has 1 aromatic heterocycles. The van der Waals surface area contributed by atoms with E-state index in [-0.39, 0.29) is 0 Å². The van der Waals surface area contributed by atoms with Crippen LogP contribution < -0.4 is 5.32 Å². The van der Waals surface area contributed by atoms with Gasteiger partial charge < -0.3 is 10.4 Å². The highest BCUT2D eigenvalue weighted by Gasteiger charge is 2.41. The Balaban J connectivity index is 2.19. The number of anilines is 1. The van der Waals surface area contributed by atoms with E-state index >= 15 is 0 Å². The number of carbonyl (C=O) groups is 1. The highest BCUT2D eigenvalue weighted by atomic mass is 16.4. The molecule has 1 saturated carbocycles. The number of aromatic nitrogens is 2. The fourth-order valence-electron chi connectivity index (χ4n) is 2.42. The van der Waals surface area contributed by atoms with Gasteiger partial charge in [0.25, 0.3) is 0 Å². The minimum atomic E-state index is -0.868. The molecular formula is C13H19N3O2. The molecule has 0 atom stereocenters. The molecule has 0 aliphatic heterocycles. The van der Waals surface area contributed by atoms with E-state index in [4.69, 9.17) is 0 Å². The second-order valence-corrected chi connectivity index (χ2v) is 5.24. The van der Waals surface area contributed by atoms with Gasteiger partial charge in [0.15, 0.2) is 0 Å². The Bertz CT molecular complexity index is 440. The Morgan fingerprint density at radius 3 is 2.67 bits per heavy atom. The first-order chi connectivity index (χ1) is 8.52. The minimum absolute atomic E-state index is 0.597. The number of carboxylic acids is 1. The van der Waals surface area contributed by atoms with Gasteiger partial charge >= 0.3 is 5.97 Å². The van der Waals surface area contributed by atoms with Gasteiger partial charge in [-0.25, -0.2) is 14.8 Å². The van der Waals surface area contributed by atoms with Gasteiger partial charge in [-0.2, -0.15) is 0 Å². The molecule has 0 bridgehead atoms. The molecule has 5 heteroatoms. The van der Waals surface area contributed by atoms with Crippen LogP contribution in [0.25, 0.3) is 0 Å². The van der Waals surface area contributed by atoms with E-state index in [1.54, 1.807) is 6.07 Å². The maximum atomic E-state index is 11.6. The molecule has 1 aliphatic rings. The number of hydrogen-bond donors (Lipinski definition) is 2. The zero-order valence-corrected chi connectivity index (χ0v) is 10.8. The van der Waals surface area contributed by atoms with Crippen molar-refractivity contribution in [3.8, 4) is 0 Å². The highest BCUT2D eigenvalue weighted by molar-refractivity contribution is 5.82. The molecule has 2 N–H and O–H groups in total. The predicted molar refractivity (Wildman–Crippen MR) is 68.4 cm³/mol. The molecule has 1 aromatic rings. The molecule has 0 aromatic carbocycles. The van der Waals surface area contributed by atoms with Gasteiger partial charge in [-0.3, -0.25) is 0 Å². The Labute approximate surface area is 107 Å². The van der Waals surface area contributed by atoms with Crippen molar-refractivity contribution in [3.05, 3.63) is 18.1 Å². The lowest BCUT2D eigenvalue weighted by Gasteiger charge is -2.36. The van der Waals surface area contributed by atoms with Gasteiger partial charge in [-0.05, 0) is 38.5 Å². The average molecular weight is 249 g/mol. The summed E-state index contributed by atoms with van der Waals surface area (Å²) in [4.78, 5) is 19.7. The highest BCUT2D eigenvalue weighted by Crippen LogP contribution is 2.34. The van der Waals surface area contributed by atoms with E-state index < -0.39 is 11.5 Å². The SMILES string of the molecule is Cc1cc(NC2(C(=O)O)CCC(C)CC2)ncn1. The molecule has 0 spiro atoms. The summed E-state index contributed by atoms with van der Waals surface area (Å²) in [5.74, 6) is 0.413. The first-order valence-electron chi connectivity index (χ1n) is 6.32. The lowest BCUT2D eigenvalue weighted by molar-refractivity contribution is -0.143. The van der Waals surface area contributed by atoms with Gasteiger partial charge in [0.2, 0.25) is 0 Å². The van der Waals surface area contributed by atoms with E-state index in [0.717, 1.165) is 18.5 Å². The predicted octanol–water partition coefficient (Wildman–Crippen LogP) is 2.23. The van der Waals surface area contributed by atoms with E-state index in [1.165, 1.54) is 6.33 Å². The number of aryl methyl sites for hydroxylation is 1. The van der Waals surface area contributed by atoms with E-state index in [0.29, 0.717) is 24.6 Å². The monoisotopic (exact) mass is 249 g/mol. The molecular weight excluding hydrogens is 230 g/mol. The lowest BCUT2D eigenvalue weighted by Crippen LogP contribution is -2.49. The van der Waals surface area contributed by atoms with Crippen LogP contribution in [0.3, 0.4) is 0 Å². The summed E-state index contributed by atoms with van der Waals surface area (Å²) < 4.78 is 0. The maximum Gasteiger partial charge on any atom is 0.329 e. The Morgan fingerprint density at radius 2 is 2.11 bits per heavy atom. The van der Waals surface area contributed by atoms with Gasteiger partial charge in [0.05, 0.1) is 0 Å². The quantitative estimate of drug-likeness (QED) is 0.859. The van der Waals surface area contributed by atoms with E-state index in [1.807, 2.05) is 6.92 Å². The third-order valence-corrected chi connectivity index (χ3v) is 3.71. The Kier molecular flexibility index (Phi) is 3.50. The summed E-state index contributed by atoms with van der Waals surface area (Å²) in [6, 6.07) is 1.78. The number of aliphatic carboxylic acids is 1. The molecule has 0 unspecified atom stereocenters. The number of hydrogen-bond acceptors (Lipinski definition) is 4. The van der Waals surface area contributed by atoms with Gasteiger partial charge in [-0.1, -0.05) is 6.92 Å². The normalized spacial score (nSPS) is 27.8. The van der Waals surface area contributed by atoms with Gasteiger partial charge in [0, 0.05) is 11.8 Å². The van der Waals surface area contributed by atoms with Crippen molar-refractivity contribution in [2.24, 2.45) is 5.92 Å². The third-order valence-electron chi connectivity index (χ3n) is 3.71. The summed E-state index contributed by atoms with van der Waals surface area (Å²) in [6.07, 6.45) is 4.62. The molecule has 1 heterocycles. The van der Waals surface area contributed by atoms with Gasteiger partial charge in [-0.15, -0.1) is 0 Å². The first kappa shape index (κ1) is 12.8. The van der Waals surface area contributed by atoms with Crippen molar-refractivity contribution in [3.63, 3.8) is 0 Å². The van der Waals surface area contributed by atoms with Crippen LogP contribution in [0.5, 0.6) is 0 Å². The van der Waals surface area contributed by atoms with Crippen LogP contribution in [0.15, 0.2) is 12.4 Å². The Morgan fingerprint density at radius 1 is 1.44 bits per heavy atom. The van der Waals surface area contributed by atoms with E-state index in [9.17, 15) is 9.90 Å². The van der Waals surface area contributed by atoms with Crippen LogP contribution in [-0.2, 0) is 4.79 Å². The standard InChI is InChI=1S/C13H19N3O2/c1-9-3-5-13(6-4-9,12(17)18)16-11-7-10(2)14-8-15-11/h7-9H,3-6H2,1-2H3,(H,17,18)(H,14,15,16). The molecule has 0 amide bonds. The maximum absolute atomic E-state index is 11.6. The van der Waals surface area contributed by atoms with Crippen molar-refractivity contribution >= 4 is 11.8 Å². The molecule has 18 heavy (non-hydrogen) atoms. The first-order valence-corrected chi connectivity index (χ1v) is 6.32. The van der Waals surface area contributed by atoms with Crippen molar-refractivity contribution < 1.29 is 9.90 Å². The second kappa shape index (κ2) is 4.92. The van der Waals surface area contributed by atoms with Crippen LogP contribution in [0.4, 0.5) is 5.82 Å². The molecule has 2 rings (SSSR count). The van der Waals surface area contributed by atoms with Crippen molar-refractivity contribution in [1.29, 1.82) is 0 Å². The van der Waals surface area contributed by atoms with Crippen LogP contribution in [0.1, 0.15) is 38.3 Å². The fourth-order valence-corrected chi connectivity index (χ4v) is 2.42. The summed E-state index contributed by atoms with van der Waals surface area (Å²) >= 11 is 0. The van der Waals surface area contributed by atoms with Gasteiger partial charge in [0.1, 0.15) is 17.7 Å². The number of carboxylic acid groups (broad SMARTS) is 1. The smallest absolute Gasteiger partial charge is 0.329 e. The van der Waals surface area contributed by atoms with Crippen LogP contribution in [-0.4, -0.2) is 26.6 Å². The summed E-state index contributed by atoms with van der Waals surface area (Å²) in [7, 11) is 0. The molecule has 1 fully saturated rings.